The topological polar surface area (TPSA) is 77.2 Å². The predicted octanol–water partition coefficient (Wildman–Crippen LogP) is 5.40. The molecule has 4 aromatic rings. The summed E-state index contributed by atoms with van der Waals surface area (Å²) >= 11 is 5.98. The lowest BCUT2D eigenvalue weighted by Crippen LogP contribution is -2.57. The number of fused-ring (bicyclic) bond motifs is 1. The SMILES string of the molecule is C[C@H](NC(=O)N1CCN(c2ncnc3[nH]c(-c4ccc(F)cc4)cc23)C[C@H]1C)c1ccc(Cl)cc1. The van der Waals surface area contributed by atoms with Gasteiger partial charge in [0.1, 0.15) is 23.6 Å². The molecule has 1 aliphatic heterocycles. The Labute approximate surface area is 207 Å². The Morgan fingerprint density at radius 1 is 1.14 bits per heavy atom. The van der Waals surface area contributed by atoms with Crippen LogP contribution in [0.15, 0.2) is 60.9 Å². The largest absolute Gasteiger partial charge is 0.352 e. The fraction of sp³-hybridized carbons (Fsp3) is 0.269. The lowest BCUT2D eigenvalue weighted by molar-refractivity contribution is 0.168. The van der Waals surface area contributed by atoms with Crippen molar-refractivity contribution in [2.24, 2.45) is 0 Å². The number of nitrogens with zero attached hydrogens (tertiary/aromatic N) is 4. The van der Waals surface area contributed by atoms with Gasteiger partial charge in [-0.05, 0) is 67.4 Å². The van der Waals surface area contributed by atoms with Crippen LogP contribution in [0.5, 0.6) is 0 Å². The van der Waals surface area contributed by atoms with Crippen molar-refractivity contribution in [3.63, 3.8) is 0 Å². The second-order valence-corrected chi connectivity index (χ2v) is 9.30. The number of aromatic amines is 1. The third-order valence-electron chi connectivity index (χ3n) is 6.46. The number of piperazine rings is 1. The van der Waals surface area contributed by atoms with Gasteiger partial charge in [-0.3, -0.25) is 0 Å². The number of halogens is 2. The number of carbonyl (C=O) groups is 1. The predicted molar refractivity (Wildman–Crippen MR) is 136 cm³/mol. The second kappa shape index (κ2) is 9.54. The summed E-state index contributed by atoms with van der Waals surface area (Å²) in [5, 5.41) is 4.66. The number of H-pyrrole nitrogens is 1. The zero-order chi connectivity index (χ0) is 24.5. The van der Waals surface area contributed by atoms with Crippen molar-refractivity contribution in [3.05, 3.63) is 77.3 Å². The summed E-state index contributed by atoms with van der Waals surface area (Å²) < 4.78 is 13.3. The molecule has 1 saturated heterocycles. The number of hydrogen-bond donors (Lipinski definition) is 2. The van der Waals surface area contributed by atoms with Crippen LogP contribution in [-0.2, 0) is 0 Å². The van der Waals surface area contributed by atoms with Crippen LogP contribution in [0.1, 0.15) is 25.5 Å². The van der Waals surface area contributed by atoms with Crippen molar-refractivity contribution in [3.8, 4) is 11.3 Å². The highest BCUT2D eigenvalue weighted by Crippen LogP contribution is 2.30. The van der Waals surface area contributed by atoms with Gasteiger partial charge in [-0.15, -0.1) is 0 Å². The first-order valence-corrected chi connectivity index (χ1v) is 11.9. The van der Waals surface area contributed by atoms with Crippen molar-refractivity contribution in [1.82, 2.24) is 25.2 Å². The van der Waals surface area contributed by atoms with Crippen LogP contribution >= 0.6 is 11.6 Å². The molecule has 0 saturated carbocycles. The highest BCUT2D eigenvalue weighted by atomic mass is 35.5. The van der Waals surface area contributed by atoms with E-state index in [0.717, 1.165) is 33.7 Å². The Hall–Kier alpha value is -3.65. The van der Waals surface area contributed by atoms with Gasteiger partial charge in [0.05, 0.1) is 11.4 Å². The fourth-order valence-corrected chi connectivity index (χ4v) is 4.64. The van der Waals surface area contributed by atoms with E-state index >= 15 is 0 Å². The minimum absolute atomic E-state index is 0.0123. The van der Waals surface area contributed by atoms with Crippen molar-refractivity contribution < 1.29 is 9.18 Å². The molecule has 180 valence electrons. The Bertz CT molecular complexity index is 1340. The molecule has 0 unspecified atom stereocenters. The molecule has 2 aromatic heterocycles. The van der Waals surface area contributed by atoms with E-state index in [1.165, 1.54) is 12.1 Å². The van der Waals surface area contributed by atoms with E-state index in [1.54, 1.807) is 18.5 Å². The number of anilines is 1. The van der Waals surface area contributed by atoms with Gasteiger partial charge >= 0.3 is 6.03 Å². The molecule has 3 heterocycles. The van der Waals surface area contributed by atoms with Crippen LogP contribution in [0.3, 0.4) is 0 Å². The maximum absolute atomic E-state index is 13.3. The van der Waals surface area contributed by atoms with Gasteiger partial charge in [0, 0.05) is 36.4 Å². The quantitative estimate of drug-likeness (QED) is 0.400. The van der Waals surface area contributed by atoms with E-state index in [1.807, 2.05) is 49.1 Å². The Morgan fingerprint density at radius 2 is 1.89 bits per heavy atom. The van der Waals surface area contributed by atoms with E-state index in [2.05, 4.69) is 25.2 Å². The van der Waals surface area contributed by atoms with Crippen molar-refractivity contribution in [1.29, 1.82) is 0 Å². The normalized spacial score (nSPS) is 17.0. The summed E-state index contributed by atoms with van der Waals surface area (Å²) in [5.41, 5.74) is 3.45. The third kappa shape index (κ3) is 4.79. The van der Waals surface area contributed by atoms with E-state index in [0.29, 0.717) is 24.7 Å². The molecule has 0 aliphatic carbocycles. The molecule has 5 rings (SSSR count). The van der Waals surface area contributed by atoms with Crippen LogP contribution in [0, 0.1) is 5.82 Å². The summed E-state index contributed by atoms with van der Waals surface area (Å²) in [4.78, 5) is 29.3. The first-order chi connectivity index (χ1) is 16.9. The van der Waals surface area contributed by atoms with Gasteiger partial charge in [0.2, 0.25) is 0 Å². The maximum atomic E-state index is 13.3. The number of rotatable bonds is 4. The molecule has 9 heteroatoms. The fourth-order valence-electron chi connectivity index (χ4n) is 4.52. The molecule has 0 spiro atoms. The molecular formula is C26H26ClFN6O. The van der Waals surface area contributed by atoms with E-state index in [4.69, 9.17) is 11.6 Å². The molecule has 1 fully saturated rings. The number of nitrogens with one attached hydrogen (secondary N) is 2. The van der Waals surface area contributed by atoms with Gasteiger partial charge < -0.3 is 20.1 Å². The second-order valence-electron chi connectivity index (χ2n) is 8.86. The standard InChI is InChI=1S/C26H26ClFN6O/c1-16-14-33(11-12-34(16)26(35)31-17(2)18-3-7-20(27)8-4-18)25-22-13-23(32-24(22)29-15-30-25)19-5-9-21(28)10-6-19/h3-10,13,15-17H,11-12,14H2,1-2H3,(H,31,35)(H,29,30,32)/t16-,17+/m1/s1. The maximum Gasteiger partial charge on any atom is 0.318 e. The average Bonchev–Trinajstić information content (AvgIpc) is 3.29. The lowest BCUT2D eigenvalue weighted by atomic mass is 10.1. The summed E-state index contributed by atoms with van der Waals surface area (Å²) in [6, 6.07) is 15.6. The van der Waals surface area contributed by atoms with Crippen LogP contribution in [-0.4, -0.2) is 51.6 Å². The molecule has 2 atom stereocenters. The number of carbonyl (C=O) groups excluding carboxylic acids is 1. The first-order valence-electron chi connectivity index (χ1n) is 11.6. The van der Waals surface area contributed by atoms with Crippen LogP contribution in [0.2, 0.25) is 5.02 Å². The highest BCUT2D eigenvalue weighted by Gasteiger charge is 2.30. The van der Waals surface area contributed by atoms with Crippen LogP contribution in [0.4, 0.5) is 15.0 Å². The molecule has 35 heavy (non-hydrogen) atoms. The lowest BCUT2D eigenvalue weighted by Gasteiger charge is -2.40. The van der Waals surface area contributed by atoms with Gasteiger partial charge in [0.15, 0.2) is 0 Å². The number of benzene rings is 2. The van der Waals surface area contributed by atoms with E-state index < -0.39 is 0 Å². The van der Waals surface area contributed by atoms with Gasteiger partial charge in [-0.1, -0.05) is 23.7 Å². The Kier molecular flexibility index (Phi) is 6.30. The Balaban J connectivity index is 1.30. The molecule has 0 bridgehead atoms. The molecule has 0 radical (unpaired) electrons. The van der Waals surface area contributed by atoms with Gasteiger partial charge in [0.25, 0.3) is 0 Å². The molecule has 7 nitrogen and oxygen atoms in total. The summed E-state index contributed by atoms with van der Waals surface area (Å²) in [6.07, 6.45) is 1.54. The number of hydrogen-bond acceptors (Lipinski definition) is 4. The van der Waals surface area contributed by atoms with Gasteiger partial charge in [-0.2, -0.15) is 0 Å². The van der Waals surface area contributed by atoms with Crippen molar-refractivity contribution >= 4 is 34.5 Å². The first kappa shape index (κ1) is 23.1. The van der Waals surface area contributed by atoms with Gasteiger partial charge in [-0.25, -0.2) is 19.2 Å². The molecule has 2 amide bonds. The van der Waals surface area contributed by atoms with Crippen molar-refractivity contribution in [2.45, 2.75) is 25.9 Å². The monoisotopic (exact) mass is 492 g/mol. The van der Waals surface area contributed by atoms with E-state index in [-0.39, 0.29) is 23.9 Å². The zero-order valence-electron chi connectivity index (χ0n) is 19.5. The third-order valence-corrected chi connectivity index (χ3v) is 6.71. The van der Waals surface area contributed by atoms with E-state index in [9.17, 15) is 9.18 Å². The number of aromatic nitrogens is 3. The zero-order valence-corrected chi connectivity index (χ0v) is 20.3. The minimum atomic E-state index is -0.274. The minimum Gasteiger partial charge on any atom is -0.352 e. The summed E-state index contributed by atoms with van der Waals surface area (Å²) in [6.45, 7) is 5.87. The molecule has 2 N–H and O–H groups in total. The average molecular weight is 493 g/mol. The molecule has 2 aromatic carbocycles. The summed E-state index contributed by atoms with van der Waals surface area (Å²) in [5.74, 6) is 0.546. The van der Waals surface area contributed by atoms with Crippen LogP contribution in [0.25, 0.3) is 22.3 Å². The molecule has 1 aliphatic rings. The van der Waals surface area contributed by atoms with Crippen LogP contribution < -0.4 is 10.2 Å². The number of urea groups is 1. The summed E-state index contributed by atoms with van der Waals surface area (Å²) in [7, 11) is 0. The smallest absolute Gasteiger partial charge is 0.318 e. The highest BCUT2D eigenvalue weighted by molar-refractivity contribution is 6.30. The molecular weight excluding hydrogens is 467 g/mol. The number of amides is 2. The Morgan fingerprint density at radius 3 is 2.60 bits per heavy atom. The van der Waals surface area contributed by atoms with Crippen molar-refractivity contribution in [2.75, 3.05) is 24.5 Å².